The molecule has 18 heavy (non-hydrogen) atoms. The Morgan fingerprint density at radius 1 is 1.06 bits per heavy atom. The predicted octanol–water partition coefficient (Wildman–Crippen LogP) is 3.73. The molecule has 0 aromatic heterocycles. The van der Waals surface area contributed by atoms with E-state index in [2.05, 4.69) is 0 Å². The molecule has 0 unspecified atom stereocenters. The minimum atomic E-state index is -3.76. The van der Waals surface area contributed by atoms with Crippen molar-refractivity contribution in [3.05, 3.63) is 53.8 Å². The van der Waals surface area contributed by atoms with E-state index in [0.717, 1.165) is 0 Å². The van der Waals surface area contributed by atoms with Gasteiger partial charge in [0.1, 0.15) is 5.82 Å². The number of rotatable bonds is 2. The fourth-order valence-corrected chi connectivity index (χ4v) is 2.61. The zero-order valence-corrected chi connectivity index (χ0v) is 11.1. The van der Waals surface area contributed by atoms with Gasteiger partial charge in [-0.05, 0) is 36.2 Å². The summed E-state index contributed by atoms with van der Waals surface area (Å²) in [4.78, 5) is 0.0155. The maximum Gasteiger partial charge on any atom is 0.261 e. The minimum absolute atomic E-state index is 0.0155. The van der Waals surface area contributed by atoms with E-state index < -0.39 is 9.05 Å². The standard InChI is InChI=1S/C13H10ClFO2S/c1-9-8-10(18(14,16)17)6-7-11(9)12-4-2-3-5-13(12)15/h2-8H,1H3. The fraction of sp³-hybridized carbons (Fsp3) is 0.0769. The lowest BCUT2D eigenvalue weighted by atomic mass is 10.0. The van der Waals surface area contributed by atoms with Crippen LogP contribution in [-0.2, 0) is 9.05 Å². The van der Waals surface area contributed by atoms with E-state index in [1.54, 1.807) is 31.2 Å². The summed E-state index contributed by atoms with van der Waals surface area (Å²) in [7, 11) is 1.50. The van der Waals surface area contributed by atoms with Gasteiger partial charge in [-0.2, -0.15) is 0 Å². The normalized spacial score (nSPS) is 11.5. The molecule has 2 aromatic rings. The molecule has 0 saturated carbocycles. The zero-order chi connectivity index (χ0) is 13.3. The first-order chi connectivity index (χ1) is 8.39. The predicted molar refractivity (Wildman–Crippen MR) is 69.6 cm³/mol. The largest absolute Gasteiger partial charge is 0.261 e. The Labute approximate surface area is 109 Å². The van der Waals surface area contributed by atoms with Gasteiger partial charge in [-0.15, -0.1) is 0 Å². The first-order valence-corrected chi connectivity index (χ1v) is 7.51. The molecule has 0 amide bonds. The summed E-state index contributed by atoms with van der Waals surface area (Å²) in [6.07, 6.45) is 0. The summed E-state index contributed by atoms with van der Waals surface area (Å²) in [5.74, 6) is -0.345. The van der Waals surface area contributed by atoms with Gasteiger partial charge in [0, 0.05) is 16.2 Å². The van der Waals surface area contributed by atoms with Crippen molar-refractivity contribution in [3.8, 4) is 11.1 Å². The molecule has 0 bridgehead atoms. The molecule has 5 heteroatoms. The van der Waals surface area contributed by atoms with Crippen molar-refractivity contribution in [1.29, 1.82) is 0 Å². The second-order valence-corrected chi connectivity index (χ2v) is 6.46. The summed E-state index contributed by atoms with van der Waals surface area (Å²) in [5, 5.41) is 0. The van der Waals surface area contributed by atoms with E-state index in [4.69, 9.17) is 10.7 Å². The van der Waals surface area contributed by atoms with Crippen LogP contribution in [-0.4, -0.2) is 8.42 Å². The van der Waals surface area contributed by atoms with Crippen molar-refractivity contribution >= 4 is 19.7 Å². The van der Waals surface area contributed by atoms with Crippen molar-refractivity contribution in [3.63, 3.8) is 0 Å². The molecule has 0 N–H and O–H groups in total. The van der Waals surface area contributed by atoms with Gasteiger partial charge in [0.2, 0.25) is 0 Å². The quantitative estimate of drug-likeness (QED) is 0.788. The highest BCUT2D eigenvalue weighted by atomic mass is 35.7. The van der Waals surface area contributed by atoms with E-state index >= 15 is 0 Å². The summed E-state index contributed by atoms with van der Waals surface area (Å²) < 4.78 is 36.0. The third-order valence-electron chi connectivity index (χ3n) is 2.64. The summed E-state index contributed by atoms with van der Waals surface area (Å²) in [5.41, 5.74) is 1.74. The topological polar surface area (TPSA) is 34.1 Å². The molecule has 0 aliphatic rings. The van der Waals surface area contributed by atoms with Crippen LogP contribution in [0.25, 0.3) is 11.1 Å². The second-order valence-electron chi connectivity index (χ2n) is 3.89. The highest BCUT2D eigenvalue weighted by molar-refractivity contribution is 8.13. The van der Waals surface area contributed by atoms with Crippen LogP contribution in [0.5, 0.6) is 0 Å². The van der Waals surface area contributed by atoms with Crippen LogP contribution in [0.4, 0.5) is 4.39 Å². The summed E-state index contributed by atoms with van der Waals surface area (Å²) in [6.45, 7) is 1.72. The van der Waals surface area contributed by atoms with Gasteiger partial charge in [-0.1, -0.05) is 24.3 Å². The van der Waals surface area contributed by atoms with E-state index in [1.807, 2.05) is 0 Å². The number of hydrogen-bond acceptors (Lipinski definition) is 2. The molecule has 2 aromatic carbocycles. The lowest BCUT2D eigenvalue weighted by molar-refractivity contribution is 0.609. The van der Waals surface area contributed by atoms with E-state index in [0.29, 0.717) is 16.7 Å². The average Bonchev–Trinajstić information content (AvgIpc) is 2.29. The van der Waals surface area contributed by atoms with Crippen LogP contribution >= 0.6 is 10.7 Å². The molecule has 0 atom stereocenters. The molecule has 0 aliphatic carbocycles. The SMILES string of the molecule is Cc1cc(S(=O)(=O)Cl)ccc1-c1ccccc1F. The lowest BCUT2D eigenvalue weighted by Gasteiger charge is -2.08. The van der Waals surface area contributed by atoms with Crippen molar-refractivity contribution in [2.45, 2.75) is 11.8 Å². The molecule has 0 heterocycles. The second kappa shape index (κ2) is 4.71. The monoisotopic (exact) mass is 284 g/mol. The van der Waals surface area contributed by atoms with Gasteiger partial charge in [0.15, 0.2) is 0 Å². The molecule has 0 fully saturated rings. The van der Waals surface area contributed by atoms with Crippen LogP contribution in [0.1, 0.15) is 5.56 Å². The van der Waals surface area contributed by atoms with E-state index in [-0.39, 0.29) is 10.7 Å². The van der Waals surface area contributed by atoms with Gasteiger partial charge in [-0.3, -0.25) is 0 Å². The zero-order valence-electron chi connectivity index (χ0n) is 9.52. The van der Waals surface area contributed by atoms with Crippen LogP contribution in [0.2, 0.25) is 0 Å². The number of benzene rings is 2. The Hall–Kier alpha value is -1.39. The Balaban J connectivity index is 2.59. The van der Waals surface area contributed by atoms with Gasteiger partial charge >= 0.3 is 0 Å². The van der Waals surface area contributed by atoms with Crippen molar-refractivity contribution in [2.24, 2.45) is 0 Å². The molecular weight excluding hydrogens is 275 g/mol. The first kappa shape index (κ1) is 13.1. The van der Waals surface area contributed by atoms with Crippen LogP contribution in [0.15, 0.2) is 47.4 Å². The van der Waals surface area contributed by atoms with Crippen molar-refractivity contribution in [1.82, 2.24) is 0 Å². The molecule has 0 aliphatic heterocycles. The summed E-state index contributed by atoms with van der Waals surface area (Å²) in [6, 6.07) is 10.7. The molecule has 0 spiro atoms. The molecule has 2 nitrogen and oxygen atoms in total. The number of aryl methyl sites for hydroxylation is 1. The van der Waals surface area contributed by atoms with Crippen molar-refractivity contribution < 1.29 is 12.8 Å². The highest BCUT2D eigenvalue weighted by Gasteiger charge is 2.13. The average molecular weight is 285 g/mol. The highest BCUT2D eigenvalue weighted by Crippen LogP contribution is 2.28. The Kier molecular flexibility index (Phi) is 3.41. The van der Waals surface area contributed by atoms with Gasteiger partial charge in [-0.25, -0.2) is 12.8 Å². The van der Waals surface area contributed by atoms with Gasteiger partial charge in [0.25, 0.3) is 9.05 Å². The van der Waals surface area contributed by atoms with E-state index in [9.17, 15) is 12.8 Å². The van der Waals surface area contributed by atoms with E-state index in [1.165, 1.54) is 18.2 Å². The lowest BCUT2D eigenvalue weighted by Crippen LogP contribution is -1.94. The third kappa shape index (κ3) is 2.54. The number of hydrogen-bond donors (Lipinski definition) is 0. The smallest absolute Gasteiger partial charge is 0.207 e. The molecule has 2 rings (SSSR count). The van der Waals surface area contributed by atoms with Gasteiger partial charge in [0.05, 0.1) is 4.90 Å². The number of halogens is 2. The molecule has 94 valence electrons. The van der Waals surface area contributed by atoms with Crippen LogP contribution < -0.4 is 0 Å². The van der Waals surface area contributed by atoms with Crippen LogP contribution in [0.3, 0.4) is 0 Å². The summed E-state index contributed by atoms with van der Waals surface area (Å²) >= 11 is 0. The van der Waals surface area contributed by atoms with Crippen LogP contribution in [0, 0.1) is 12.7 Å². The molecule has 0 saturated heterocycles. The minimum Gasteiger partial charge on any atom is -0.207 e. The fourth-order valence-electron chi connectivity index (χ4n) is 1.77. The maximum absolute atomic E-state index is 13.6. The Bertz CT molecular complexity index is 696. The third-order valence-corrected chi connectivity index (χ3v) is 3.99. The Morgan fingerprint density at radius 3 is 2.28 bits per heavy atom. The van der Waals surface area contributed by atoms with Gasteiger partial charge < -0.3 is 0 Å². The molecule has 0 radical (unpaired) electrons. The first-order valence-electron chi connectivity index (χ1n) is 5.20. The maximum atomic E-state index is 13.6. The van der Waals surface area contributed by atoms with Crippen molar-refractivity contribution in [2.75, 3.05) is 0 Å². The Morgan fingerprint density at radius 2 is 1.72 bits per heavy atom. The molecular formula is C13H10ClFO2S.